The van der Waals surface area contributed by atoms with E-state index in [4.69, 9.17) is 15.8 Å². The number of carboxylic acid groups (broad SMARTS) is 1. The van der Waals surface area contributed by atoms with E-state index in [1.807, 2.05) is 16.8 Å². The summed E-state index contributed by atoms with van der Waals surface area (Å²) in [5.74, 6) is -1.05. The van der Waals surface area contributed by atoms with Crippen molar-refractivity contribution in [1.82, 2.24) is 19.9 Å². The van der Waals surface area contributed by atoms with Gasteiger partial charge < -0.3 is 16.2 Å². The Labute approximate surface area is 186 Å². The molecule has 7 nitrogen and oxygen atoms in total. The lowest BCUT2D eigenvalue weighted by Gasteiger charge is -2.09. The largest absolute Gasteiger partial charge is 0.478 e. The highest BCUT2D eigenvalue weighted by Gasteiger charge is 2.12. The number of fused-ring (bicyclic) bond motifs is 1. The number of anilines is 1. The zero-order valence-corrected chi connectivity index (χ0v) is 18.3. The fraction of sp³-hybridized carbons (Fsp3) is 0.240. The number of aromatic nitrogens is 3. The maximum atomic E-state index is 11.2. The predicted octanol–water partition coefficient (Wildman–Crippen LogP) is 4.35. The molecule has 2 aromatic heterocycles. The Morgan fingerprint density at radius 1 is 1.06 bits per heavy atom. The molecule has 4 N–H and O–H groups in total. The first-order chi connectivity index (χ1) is 15.4. The maximum Gasteiger partial charge on any atom is 0.337 e. The Morgan fingerprint density at radius 2 is 1.78 bits per heavy atom. The average molecular weight is 430 g/mol. The van der Waals surface area contributed by atoms with E-state index in [2.05, 4.69) is 42.3 Å². The van der Waals surface area contributed by atoms with Crippen molar-refractivity contribution in [3.63, 3.8) is 0 Å². The maximum absolute atomic E-state index is 11.2. The molecule has 4 aromatic rings. The fourth-order valence-corrected chi connectivity index (χ4v) is 3.89. The minimum atomic E-state index is -1.05. The lowest BCUT2D eigenvalue weighted by Crippen LogP contribution is -2.04. The van der Waals surface area contributed by atoms with Gasteiger partial charge in [0, 0.05) is 23.1 Å². The summed E-state index contributed by atoms with van der Waals surface area (Å²) in [4.78, 5) is 20.5. The van der Waals surface area contributed by atoms with Crippen LogP contribution in [0.2, 0.25) is 0 Å². The third kappa shape index (κ3) is 4.63. The van der Waals surface area contributed by atoms with Gasteiger partial charge in [-0.2, -0.15) is 0 Å². The third-order valence-electron chi connectivity index (χ3n) is 5.41. The normalized spacial score (nSPS) is 13.1. The molecule has 0 aliphatic carbocycles. The molecule has 0 spiro atoms. The zero-order valence-electron chi connectivity index (χ0n) is 18.3. The number of nitrogens with two attached hydrogens (primary N) is 1. The topological polar surface area (TPSA) is 106 Å². The summed E-state index contributed by atoms with van der Waals surface area (Å²) in [5.41, 5.74) is 12.5. The molecule has 0 amide bonds. The molecule has 164 valence electrons. The molecular formula is C25H27N5O2. The van der Waals surface area contributed by atoms with Crippen LogP contribution in [0.1, 0.15) is 34.3 Å². The van der Waals surface area contributed by atoms with Crippen LogP contribution in [0.15, 0.2) is 54.9 Å². The van der Waals surface area contributed by atoms with Crippen LogP contribution < -0.4 is 11.1 Å². The number of carbonyl (C=O) groups is 1. The van der Waals surface area contributed by atoms with E-state index in [0.717, 1.165) is 22.5 Å². The Balaban J connectivity index is 0.000000433. The number of hydrogen-bond acceptors (Lipinski definition) is 5. The van der Waals surface area contributed by atoms with Gasteiger partial charge in [0.15, 0.2) is 5.65 Å². The van der Waals surface area contributed by atoms with E-state index in [1.54, 1.807) is 18.3 Å². The lowest BCUT2D eigenvalue weighted by molar-refractivity contribution is 0.0698. The highest BCUT2D eigenvalue weighted by atomic mass is 16.4. The molecule has 5 rings (SSSR count). The summed E-state index contributed by atoms with van der Waals surface area (Å²) in [6.07, 6.45) is 6.40. The summed E-state index contributed by atoms with van der Waals surface area (Å²) < 4.78 is 1.86. The van der Waals surface area contributed by atoms with E-state index >= 15 is 0 Å². The van der Waals surface area contributed by atoms with Crippen molar-refractivity contribution in [2.24, 2.45) is 0 Å². The molecule has 0 atom stereocenters. The van der Waals surface area contributed by atoms with Crippen molar-refractivity contribution in [3.8, 4) is 16.9 Å². The molecule has 1 aliphatic rings. The lowest BCUT2D eigenvalue weighted by atomic mass is 10.1. The Morgan fingerprint density at radius 3 is 2.38 bits per heavy atom. The SMILES string of the molecule is C1CCNC1.Cc1cc(C)cc(-c2cnc3ccn(-c4ccc(C(=O)O)c(N)c4)c3n2)c1. The molecule has 0 saturated carbocycles. The van der Waals surface area contributed by atoms with Crippen LogP contribution in [0.4, 0.5) is 5.69 Å². The monoisotopic (exact) mass is 429 g/mol. The minimum absolute atomic E-state index is 0.0808. The third-order valence-corrected chi connectivity index (χ3v) is 5.41. The molecule has 0 radical (unpaired) electrons. The van der Waals surface area contributed by atoms with Crippen molar-refractivity contribution >= 4 is 22.8 Å². The van der Waals surface area contributed by atoms with Crippen LogP contribution in [-0.2, 0) is 0 Å². The molecule has 0 unspecified atom stereocenters. The van der Waals surface area contributed by atoms with E-state index in [-0.39, 0.29) is 11.3 Å². The first-order valence-electron chi connectivity index (χ1n) is 10.7. The van der Waals surface area contributed by atoms with Gasteiger partial charge in [0.2, 0.25) is 0 Å². The second-order valence-electron chi connectivity index (χ2n) is 8.06. The number of aryl methyl sites for hydroxylation is 2. The average Bonchev–Trinajstić information content (AvgIpc) is 3.45. The van der Waals surface area contributed by atoms with Crippen molar-refractivity contribution in [3.05, 3.63) is 71.5 Å². The molecular weight excluding hydrogens is 402 g/mol. The fourth-order valence-electron chi connectivity index (χ4n) is 3.89. The van der Waals surface area contributed by atoms with E-state index in [9.17, 15) is 4.79 Å². The molecule has 0 bridgehead atoms. The Bertz CT molecular complexity index is 1250. The van der Waals surface area contributed by atoms with E-state index < -0.39 is 5.97 Å². The second-order valence-corrected chi connectivity index (χ2v) is 8.06. The second kappa shape index (κ2) is 9.20. The van der Waals surface area contributed by atoms with E-state index in [1.165, 1.54) is 43.1 Å². The van der Waals surface area contributed by atoms with Crippen LogP contribution in [0.5, 0.6) is 0 Å². The highest BCUT2D eigenvalue weighted by Crippen LogP contribution is 2.25. The zero-order chi connectivity index (χ0) is 22.7. The van der Waals surface area contributed by atoms with Crippen LogP contribution in [0.3, 0.4) is 0 Å². The number of hydrogen-bond donors (Lipinski definition) is 3. The minimum Gasteiger partial charge on any atom is -0.478 e. The summed E-state index contributed by atoms with van der Waals surface area (Å²) in [6.45, 7) is 6.61. The van der Waals surface area contributed by atoms with Gasteiger partial charge in [-0.05, 0) is 76.2 Å². The Hall–Kier alpha value is -3.71. The van der Waals surface area contributed by atoms with Gasteiger partial charge in [0.1, 0.15) is 5.52 Å². The van der Waals surface area contributed by atoms with Gasteiger partial charge in [0.05, 0.1) is 17.5 Å². The number of carboxylic acids is 1. The standard InChI is InChI=1S/C21H18N4O2.C4H9N/c1-12-7-13(2)9-14(8-12)19-11-23-18-5-6-25(20(18)24-19)15-3-4-16(21(26)27)17(22)10-15;1-2-4-5-3-1/h3-11H,22H2,1-2H3,(H,26,27);5H,1-4H2. The van der Waals surface area contributed by atoms with Gasteiger partial charge in [-0.1, -0.05) is 17.2 Å². The van der Waals surface area contributed by atoms with Crippen LogP contribution in [0.25, 0.3) is 28.1 Å². The first kappa shape index (κ1) is 21.5. The highest BCUT2D eigenvalue weighted by molar-refractivity contribution is 5.94. The van der Waals surface area contributed by atoms with Crippen LogP contribution >= 0.6 is 0 Å². The summed E-state index contributed by atoms with van der Waals surface area (Å²) in [7, 11) is 0. The molecule has 7 heteroatoms. The number of rotatable bonds is 3. The molecule has 1 fully saturated rings. The summed E-state index contributed by atoms with van der Waals surface area (Å²) in [6, 6.07) is 13.0. The number of nitrogens with zero attached hydrogens (tertiary/aromatic N) is 3. The van der Waals surface area contributed by atoms with Gasteiger partial charge in [-0.3, -0.25) is 9.55 Å². The molecule has 3 heterocycles. The van der Waals surface area contributed by atoms with Crippen molar-refractivity contribution in [1.29, 1.82) is 0 Å². The van der Waals surface area contributed by atoms with E-state index in [0.29, 0.717) is 5.65 Å². The molecule has 1 saturated heterocycles. The number of nitrogens with one attached hydrogen (secondary N) is 1. The van der Waals surface area contributed by atoms with Gasteiger partial charge >= 0.3 is 5.97 Å². The van der Waals surface area contributed by atoms with Crippen molar-refractivity contribution in [2.75, 3.05) is 18.8 Å². The van der Waals surface area contributed by atoms with Gasteiger partial charge in [-0.15, -0.1) is 0 Å². The van der Waals surface area contributed by atoms with Crippen molar-refractivity contribution in [2.45, 2.75) is 26.7 Å². The predicted molar refractivity (Wildman–Crippen MR) is 127 cm³/mol. The molecule has 2 aromatic carbocycles. The number of nitrogen functional groups attached to an aromatic ring is 1. The first-order valence-corrected chi connectivity index (χ1v) is 10.7. The molecule has 32 heavy (non-hydrogen) atoms. The summed E-state index contributed by atoms with van der Waals surface area (Å²) >= 11 is 0. The molecule has 1 aliphatic heterocycles. The van der Waals surface area contributed by atoms with Crippen LogP contribution in [0, 0.1) is 13.8 Å². The summed E-state index contributed by atoms with van der Waals surface area (Å²) in [5, 5.41) is 12.4. The van der Waals surface area contributed by atoms with Crippen molar-refractivity contribution < 1.29 is 9.90 Å². The van der Waals surface area contributed by atoms with Gasteiger partial charge in [0.25, 0.3) is 0 Å². The number of benzene rings is 2. The number of aromatic carboxylic acids is 1. The quantitative estimate of drug-likeness (QED) is 0.418. The van der Waals surface area contributed by atoms with Crippen LogP contribution in [-0.4, -0.2) is 38.7 Å². The Kier molecular flexibility index (Phi) is 6.18. The smallest absolute Gasteiger partial charge is 0.337 e. The van der Waals surface area contributed by atoms with Gasteiger partial charge in [-0.25, -0.2) is 9.78 Å².